The van der Waals surface area contributed by atoms with Crippen LogP contribution in [-0.2, 0) is 6.42 Å². The number of nitrogens with one attached hydrogen (secondary N) is 2. The van der Waals surface area contributed by atoms with Gasteiger partial charge < -0.3 is 15.5 Å². The molecular weight excluding hydrogens is 380 g/mol. The lowest BCUT2D eigenvalue weighted by Gasteiger charge is -2.36. The molecule has 0 aliphatic carbocycles. The molecule has 0 spiro atoms. The third-order valence-electron chi connectivity index (χ3n) is 5.25. The number of aromatic nitrogens is 1. The number of hydrogen-bond acceptors (Lipinski definition) is 5. The number of anilines is 1. The number of nitrogens with zero attached hydrogens (tertiary/aromatic N) is 4. The second-order valence-corrected chi connectivity index (χ2v) is 8.62. The molecule has 2 N–H and O–H groups in total. The Morgan fingerprint density at radius 2 is 1.93 bits per heavy atom. The van der Waals surface area contributed by atoms with Crippen LogP contribution < -0.4 is 15.5 Å². The van der Waals surface area contributed by atoms with Gasteiger partial charge in [0.1, 0.15) is 0 Å². The van der Waals surface area contributed by atoms with Gasteiger partial charge in [-0.1, -0.05) is 12.1 Å². The average molecular weight is 415 g/mol. The van der Waals surface area contributed by atoms with Crippen LogP contribution in [0.3, 0.4) is 0 Å². The number of rotatable bonds is 8. The van der Waals surface area contributed by atoms with E-state index in [4.69, 9.17) is 0 Å². The zero-order valence-electron chi connectivity index (χ0n) is 17.9. The van der Waals surface area contributed by atoms with Crippen LogP contribution in [0.25, 0.3) is 0 Å². The summed E-state index contributed by atoms with van der Waals surface area (Å²) >= 11 is 1.71. The number of piperazine rings is 1. The summed E-state index contributed by atoms with van der Waals surface area (Å²) in [6.45, 7) is 11.6. The Morgan fingerprint density at radius 1 is 1.14 bits per heavy atom. The highest BCUT2D eigenvalue weighted by Gasteiger charge is 2.16. The van der Waals surface area contributed by atoms with Gasteiger partial charge in [0.25, 0.3) is 0 Å². The van der Waals surface area contributed by atoms with E-state index in [9.17, 15) is 0 Å². The molecule has 29 heavy (non-hydrogen) atoms. The third kappa shape index (κ3) is 7.01. The Labute approximate surface area is 179 Å². The summed E-state index contributed by atoms with van der Waals surface area (Å²) in [5, 5.41) is 10.1. The lowest BCUT2D eigenvalue weighted by molar-refractivity contribution is 0.255. The summed E-state index contributed by atoms with van der Waals surface area (Å²) in [5.74, 6) is 0.876. The van der Waals surface area contributed by atoms with Crippen molar-refractivity contribution >= 4 is 23.0 Å². The van der Waals surface area contributed by atoms with Gasteiger partial charge in [-0.25, -0.2) is 4.98 Å². The van der Waals surface area contributed by atoms with E-state index in [2.05, 4.69) is 67.0 Å². The van der Waals surface area contributed by atoms with Crippen molar-refractivity contribution < 1.29 is 0 Å². The predicted molar refractivity (Wildman–Crippen MR) is 124 cm³/mol. The summed E-state index contributed by atoms with van der Waals surface area (Å²) in [5.41, 5.74) is 3.84. The molecule has 0 unspecified atom stereocenters. The number of aryl methyl sites for hydroxylation is 2. The maximum atomic E-state index is 4.50. The molecule has 1 aromatic carbocycles. The Morgan fingerprint density at radius 3 is 2.62 bits per heavy atom. The van der Waals surface area contributed by atoms with Crippen LogP contribution in [0.5, 0.6) is 0 Å². The molecule has 1 fully saturated rings. The van der Waals surface area contributed by atoms with Crippen molar-refractivity contribution in [2.24, 2.45) is 4.99 Å². The highest BCUT2D eigenvalue weighted by Crippen LogP contribution is 2.17. The van der Waals surface area contributed by atoms with E-state index in [1.54, 1.807) is 11.3 Å². The van der Waals surface area contributed by atoms with Gasteiger partial charge in [0.2, 0.25) is 0 Å². The van der Waals surface area contributed by atoms with E-state index in [1.165, 1.54) is 11.3 Å². The van der Waals surface area contributed by atoms with Crippen molar-refractivity contribution in [3.05, 3.63) is 45.9 Å². The molecule has 1 aliphatic rings. The van der Waals surface area contributed by atoms with Crippen LogP contribution >= 0.6 is 11.3 Å². The van der Waals surface area contributed by atoms with Gasteiger partial charge in [-0.05, 0) is 44.5 Å². The minimum absolute atomic E-state index is 0.851. The van der Waals surface area contributed by atoms with E-state index in [0.717, 1.165) is 75.3 Å². The van der Waals surface area contributed by atoms with Crippen molar-refractivity contribution in [2.45, 2.75) is 26.7 Å². The van der Waals surface area contributed by atoms with Crippen molar-refractivity contribution in [2.75, 3.05) is 57.8 Å². The largest absolute Gasteiger partial charge is 0.369 e. The lowest BCUT2D eigenvalue weighted by Crippen LogP contribution is -2.47. The van der Waals surface area contributed by atoms with Crippen LogP contribution in [0.15, 0.2) is 34.6 Å². The van der Waals surface area contributed by atoms with Gasteiger partial charge in [-0.2, -0.15) is 0 Å². The molecular formula is C22H34N6S. The monoisotopic (exact) mass is 414 g/mol. The second-order valence-electron chi connectivity index (χ2n) is 7.55. The molecule has 0 radical (unpaired) electrons. The maximum absolute atomic E-state index is 4.50. The first-order valence-electron chi connectivity index (χ1n) is 10.5. The zero-order chi connectivity index (χ0) is 20.5. The minimum Gasteiger partial charge on any atom is -0.369 e. The van der Waals surface area contributed by atoms with Gasteiger partial charge in [0, 0.05) is 63.8 Å². The summed E-state index contributed by atoms with van der Waals surface area (Å²) in [4.78, 5) is 13.9. The highest BCUT2D eigenvalue weighted by molar-refractivity contribution is 7.09. The first-order chi connectivity index (χ1) is 14.1. The Balaban J connectivity index is 1.28. The molecule has 0 saturated carbocycles. The Hall–Kier alpha value is -2.12. The van der Waals surface area contributed by atoms with Gasteiger partial charge >= 0.3 is 0 Å². The third-order valence-corrected chi connectivity index (χ3v) is 6.07. The van der Waals surface area contributed by atoms with Gasteiger partial charge in [0.05, 0.1) is 10.7 Å². The van der Waals surface area contributed by atoms with Crippen molar-refractivity contribution in [1.29, 1.82) is 0 Å². The molecule has 1 aliphatic heterocycles. The molecule has 1 aromatic heterocycles. The van der Waals surface area contributed by atoms with Crippen LogP contribution in [-0.4, -0.2) is 68.7 Å². The standard InChI is InChI=1S/C22H34N6S/c1-18-6-4-7-21(16-18)28-14-12-27(13-15-28)11-5-9-24-22(23-3)25-10-8-20-17-29-19(2)26-20/h4,6-7,16-17H,5,8-15H2,1-3H3,(H2,23,24,25). The molecule has 7 heteroatoms. The molecule has 2 heterocycles. The van der Waals surface area contributed by atoms with Crippen molar-refractivity contribution in [3.8, 4) is 0 Å². The molecule has 2 aromatic rings. The molecule has 1 saturated heterocycles. The van der Waals surface area contributed by atoms with Crippen LogP contribution in [0.2, 0.25) is 0 Å². The number of benzene rings is 1. The molecule has 0 bridgehead atoms. The van der Waals surface area contributed by atoms with E-state index in [-0.39, 0.29) is 0 Å². The van der Waals surface area contributed by atoms with E-state index < -0.39 is 0 Å². The first-order valence-corrected chi connectivity index (χ1v) is 11.4. The summed E-state index contributed by atoms with van der Waals surface area (Å²) < 4.78 is 0. The maximum Gasteiger partial charge on any atom is 0.190 e. The second kappa shape index (κ2) is 11.2. The van der Waals surface area contributed by atoms with Gasteiger partial charge in [-0.3, -0.25) is 9.89 Å². The minimum atomic E-state index is 0.851. The van der Waals surface area contributed by atoms with Crippen LogP contribution in [0.1, 0.15) is 22.7 Å². The fourth-order valence-electron chi connectivity index (χ4n) is 3.62. The number of thiazole rings is 1. The SMILES string of the molecule is CN=C(NCCCN1CCN(c2cccc(C)c2)CC1)NCCc1csc(C)n1. The fourth-order valence-corrected chi connectivity index (χ4v) is 4.26. The van der Waals surface area contributed by atoms with Gasteiger partial charge in [-0.15, -0.1) is 11.3 Å². The van der Waals surface area contributed by atoms with Gasteiger partial charge in [0.15, 0.2) is 5.96 Å². The summed E-state index contributed by atoms with van der Waals surface area (Å²) in [6, 6.07) is 8.82. The molecule has 0 amide bonds. The summed E-state index contributed by atoms with van der Waals surface area (Å²) in [6.07, 6.45) is 2.05. The zero-order valence-corrected chi connectivity index (χ0v) is 18.8. The lowest BCUT2D eigenvalue weighted by atomic mass is 10.2. The predicted octanol–water partition coefficient (Wildman–Crippen LogP) is 2.68. The Bertz CT molecular complexity index is 779. The van der Waals surface area contributed by atoms with Crippen LogP contribution in [0.4, 0.5) is 5.69 Å². The topological polar surface area (TPSA) is 55.8 Å². The quantitative estimate of drug-likeness (QED) is 0.395. The fraction of sp³-hybridized carbons (Fsp3) is 0.545. The Kier molecular flexibility index (Phi) is 8.31. The normalized spacial score (nSPS) is 15.6. The van der Waals surface area contributed by atoms with Crippen molar-refractivity contribution in [1.82, 2.24) is 20.5 Å². The first kappa shape index (κ1) is 21.6. The van der Waals surface area contributed by atoms with E-state index in [1.807, 2.05) is 14.0 Å². The van der Waals surface area contributed by atoms with E-state index >= 15 is 0 Å². The smallest absolute Gasteiger partial charge is 0.190 e. The van der Waals surface area contributed by atoms with E-state index in [0.29, 0.717) is 0 Å². The van der Waals surface area contributed by atoms with Crippen molar-refractivity contribution in [3.63, 3.8) is 0 Å². The highest BCUT2D eigenvalue weighted by atomic mass is 32.1. The molecule has 6 nitrogen and oxygen atoms in total. The molecule has 158 valence electrons. The number of aliphatic imine (C=N–C) groups is 1. The average Bonchev–Trinajstić information content (AvgIpc) is 3.15. The molecule has 0 atom stereocenters. The molecule has 3 rings (SSSR count). The summed E-state index contributed by atoms with van der Waals surface area (Å²) in [7, 11) is 1.83. The van der Waals surface area contributed by atoms with Crippen LogP contribution in [0, 0.1) is 13.8 Å². The number of guanidine groups is 1. The number of hydrogen-bond donors (Lipinski definition) is 2.